The number of imidazole rings is 1. The molecule has 1 aromatic heterocycles. The van der Waals surface area contributed by atoms with Crippen molar-refractivity contribution in [2.75, 3.05) is 6.54 Å². The fourth-order valence-electron chi connectivity index (χ4n) is 2.71. The lowest BCUT2D eigenvalue weighted by atomic mass is 9.98. The van der Waals surface area contributed by atoms with Crippen molar-refractivity contribution in [1.29, 1.82) is 0 Å². The first-order valence-corrected chi connectivity index (χ1v) is 8.07. The Morgan fingerprint density at radius 1 is 1.19 bits per heavy atom. The number of nitrogens with one attached hydrogen (secondary N) is 1. The van der Waals surface area contributed by atoms with E-state index in [-0.39, 0.29) is 0 Å². The molecule has 1 heterocycles. The summed E-state index contributed by atoms with van der Waals surface area (Å²) in [6.45, 7) is 8.75. The Balaban J connectivity index is 2.17. The lowest BCUT2D eigenvalue weighted by Crippen LogP contribution is -2.20. The van der Waals surface area contributed by atoms with Crippen LogP contribution in [-0.4, -0.2) is 16.1 Å². The van der Waals surface area contributed by atoms with Gasteiger partial charge in [-0.3, -0.25) is 0 Å². The molecule has 0 spiro atoms. The summed E-state index contributed by atoms with van der Waals surface area (Å²) < 4.78 is 2.26. The molecular weight excluding hydrogens is 258 g/mol. The van der Waals surface area contributed by atoms with Crippen LogP contribution < -0.4 is 5.32 Å². The first-order chi connectivity index (χ1) is 10.3. The maximum Gasteiger partial charge on any atom is 0.113 e. The van der Waals surface area contributed by atoms with Crippen molar-refractivity contribution in [3.8, 4) is 0 Å². The average molecular weight is 285 g/mol. The molecule has 0 bridgehead atoms. The quantitative estimate of drug-likeness (QED) is 0.796. The minimum Gasteiger partial charge on any atom is -0.335 e. The largest absolute Gasteiger partial charge is 0.335 e. The lowest BCUT2D eigenvalue weighted by molar-refractivity contribution is 0.566. The highest BCUT2D eigenvalue weighted by Crippen LogP contribution is 2.20. The molecule has 3 heteroatoms. The minimum atomic E-state index is 0.385. The van der Waals surface area contributed by atoms with Crippen molar-refractivity contribution in [3.05, 3.63) is 53.6 Å². The Hall–Kier alpha value is -1.61. The van der Waals surface area contributed by atoms with Gasteiger partial charge in [-0.2, -0.15) is 0 Å². The molecule has 0 fully saturated rings. The average Bonchev–Trinajstić information content (AvgIpc) is 2.93. The molecule has 1 aromatic carbocycles. The molecule has 1 N–H and O–H groups in total. The van der Waals surface area contributed by atoms with Gasteiger partial charge in [-0.25, -0.2) is 4.98 Å². The summed E-state index contributed by atoms with van der Waals surface area (Å²) in [6.07, 6.45) is 7.20. The number of rotatable bonds is 8. The van der Waals surface area contributed by atoms with E-state index >= 15 is 0 Å². The maximum absolute atomic E-state index is 4.54. The van der Waals surface area contributed by atoms with Crippen LogP contribution in [0.1, 0.15) is 56.6 Å². The standard InChI is InChI=1S/C18H27N3/c1-4-10-19-15(3)17-9-7-6-8-16(17)14-18-20-11-13-21(18)12-5-2/h6-9,11,13,15,19H,4-5,10,12,14H2,1-3H3. The molecule has 0 aliphatic rings. The predicted molar refractivity (Wildman–Crippen MR) is 88.5 cm³/mol. The van der Waals surface area contributed by atoms with Gasteiger partial charge in [0.25, 0.3) is 0 Å². The summed E-state index contributed by atoms with van der Waals surface area (Å²) in [5.74, 6) is 1.16. The van der Waals surface area contributed by atoms with Crippen molar-refractivity contribution in [3.63, 3.8) is 0 Å². The van der Waals surface area contributed by atoms with Crippen molar-refractivity contribution < 1.29 is 0 Å². The van der Waals surface area contributed by atoms with Crippen molar-refractivity contribution in [2.45, 2.75) is 52.6 Å². The lowest BCUT2D eigenvalue weighted by Gasteiger charge is -2.18. The van der Waals surface area contributed by atoms with Crippen LogP contribution in [0.25, 0.3) is 0 Å². The third-order valence-corrected chi connectivity index (χ3v) is 3.84. The highest BCUT2D eigenvalue weighted by Gasteiger charge is 2.12. The third kappa shape index (κ3) is 4.18. The molecule has 1 unspecified atom stereocenters. The summed E-state index contributed by atoms with van der Waals surface area (Å²) in [5.41, 5.74) is 2.76. The fraction of sp³-hybridized carbons (Fsp3) is 0.500. The van der Waals surface area contributed by atoms with Gasteiger partial charge < -0.3 is 9.88 Å². The molecule has 114 valence electrons. The maximum atomic E-state index is 4.54. The van der Waals surface area contributed by atoms with E-state index in [0.29, 0.717) is 6.04 Å². The number of aryl methyl sites for hydroxylation is 1. The van der Waals surface area contributed by atoms with Crippen molar-refractivity contribution >= 4 is 0 Å². The van der Waals surface area contributed by atoms with E-state index < -0.39 is 0 Å². The van der Waals surface area contributed by atoms with Gasteiger partial charge in [-0.15, -0.1) is 0 Å². The number of benzene rings is 1. The van der Waals surface area contributed by atoms with Gasteiger partial charge in [-0.1, -0.05) is 38.1 Å². The second-order valence-electron chi connectivity index (χ2n) is 5.59. The Morgan fingerprint density at radius 2 is 2.00 bits per heavy atom. The molecule has 0 aliphatic heterocycles. The van der Waals surface area contributed by atoms with E-state index in [1.165, 1.54) is 11.1 Å². The van der Waals surface area contributed by atoms with Crippen LogP contribution in [-0.2, 0) is 13.0 Å². The molecule has 0 saturated heterocycles. The second kappa shape index (κ2) is 7.99. The van der Waals surface area contributed by atoms with Gasteiger partial charge in [0.05, 0.1) is 0 Å². The van der Waals surface area contributed by atoms with E-state index in [2.05, 4.69) is 66.1 Å². The molecule has 1 atom stereocenters. The normalized spacial score (nSPS) is 12.5. The zero-order chi connectivity index (χ0) is 15.1. The molecule has 2 rings (SSSR count). The van der Waals surface area contributed by atoms with E-state index in [1.807, 2.05) is 6.20 Å². The molecule has 21 heavy (non-hydrogen) atoms. The van der Waals surface area contributed by atoms with Crippen LogP contribution in [0.5, 0.6) is 0 Å². The Labute approximate surface area is 128 Å². The first kappa shape index (κ1) is 15.8. The second-order valence-corrected chi connectivity index (χ2v) is 5.59. The summed E-state index contributed by atoms with van der Waals surface area (Å²) >= 11 is 0. The predicted octanol–water partition coefficient (Wildman–Crippen LogP) is 3.94. The topological polar surface area (TPSA) is 29.9 Å². The number of hydrogen-bond acceptors (Lipinski definition) is 2. The summed E-state index contributed by atoms with van der Waals surface area (Å²) in [4.78, 5) is 4.54. The van der Waals surface area contributed by atoms with E-state index in [4.69, 9.17) is 0 Å². The van der Waals surface area contributed by atoms with Crippen LogP contribution >= 0.6 is 0 Å². The van der Waals surface area contributed by atoms with Gasteiger partial charge >= 0.3 is 0 Å². The van der Waals surface area contributed by atoms with Crippen LogP contribution in [0, 0.1) is 0 Å². The first-order valence-electron chi connectivity index (χ1n) is 8.07. The van der Waals surface area contributed by atoms with Crippen molar-refractivity contribution in [1.82, 2.24) is 14.9 Å². The van der Waals surface area contributed by atoms with Crippen LogP contribution in [0.3, 0.4) is 0 Å². The third-order valence-electron chi connectivity index (χ3n) is 3.84. The van der Waals surface area contributed by atoms with Crippen LogP contribution in [0.2, 0.25) is 0 Å². The highest BCUT2D eigenvalue weighted by atomic mass is 15.1. The molecule has 0 aliphatic carbocycles. The Morgan fingerprint density at radius 3 is 2.76 bits per heavy atom. The molecule has 0 saturated carbocycles. The molecular formula is C18H27N3. The summed E-state index contributed by atoms with van der Waals surface area (Å²) in [5, 5.41) is 3.58. The van der Waals surface area contributed by atoms with Gasteiger partial charge in [0, 0.05) is 31.4 Å². The smallest absolute Gasteiger partial charge is 0.113 e. The number of aromatic nitrogens is 2. The van der Waals surface area contributed by atoms with Gasteiger partial charge in [0.1, 0.15) is 5.82 Å². The monoisotopic (exact) mass is 285 g/mol. The Kier molecular flexibility index (Phi) is 6.00. The summed E-state index contributed by atoms with van der Waals surface area (Å²) in [6, 6.07) is 9.09. The molecule has 2 aromatic rings. The van der Waals surface area contributed by atoms with Crippen LogP contribution in [0.15, 0.2) is 36.7 Å². The summed E-state index contributed by atoms with van der Waals surface area (Å²) in [7, 11) is 0. The SMILES string of the molecule is CCCNC(C)c1ccccc1Cc1nccn1CCC. The fourth-order valence-corrected chi connectivity index (χ4v) is 2.71. The molecule has 0 radical (unpaired) electrons. The zero-order valence-electron chi connectivity index (χ0n) is 13.5. The molecule has 0 amide bonds. The van der Waals surface area contributed by atoms with E-state index in [1.54, 1.807) is 0 Å². The Bertz CT molecular complexity index is 545. The van der Waals surface area contributed by atoms with Crippen LogP contribution in [0.4, 0.5) is 0 Å². The van der Waals surface area contributed by atoms with Gasteiger partial charge in [0.15, 0.2) is 0 Å². The van der Waals surface area contributed by atoms with E-state index in [0.717, 1.165) is 38.2 Å². The van der Waals surface area contributed by atoms with E-state index in [9.17, 15) is 0 Å². The number of nitrogens with zero attached hydrogens (tertiary/aromatic N) is 2. The number of hydrogen-bond donors (Lipinski definition) is 1. The molecule has 3 nitrogen and oxygen atoms in total. The minimum absolute atomic E-state index is 0.385. The van der Waals surface area contributed by atoms with Crippen molar-refractivity contribution in [2.24, 2.45) is 0 Å². The highest BCUT2D eigenvalue weighted by molar-refractivity contribution is 5.32. The van der Waals surface area contributed by atoms with Gasteiger partial charge in [0.2, 0.25) is 0 Å². The van der Waals surface area contributed by atoms with Gasteiger partial charge in [-0.05, 0) is 37.4 Å². The zero-order valence-corrected chi connectivity index (χ0v) is 13.5.